The van der Waals surface area contributed by atoms with E-state index >= 15 is 0 Å². The van der Waals surface area contributed by atoms with Crippen molar-refractivity contribution in [1.82, 2.24) is 0 Å². The number of esters is 1. The minimum Gasteiger partial charge on any atom is -0.619 e. The molecule has 22 heavy (non-hydrogen) atoms. The average molecular weight is 321 g/mol. The smallest absolute Gasteiger partial charge is 0.339 e. The van der Waals surface area contributed by atoms with Crippen LogP contribution in [0.15, 0.2) is 48.8 Å². The Morgan fingerprint density at radius 3 is 2.36 bits per heavy atom. The summed E-state index contributed by atoms with van der Waals surface area (Å²) in [7, 11) is 0. The molecule has 0 bridgehead atoms. The van der Waals surface area contributed by atoms with Gasteiger partial charge in [-0.05, 0) is 31.2 Å². The van der Waals surface area contributed by atoms with Crippen LogP contribution in [-0.2, 0) is 9.53 Å². The SMILES string of the molecule is C[C@H](OC(=O)c1cc[n+]([O-])cc1)C(=O)Nc1ccc(Cl)cc1. The zero-order valence-corrected chi connectivity index (χ0v) is 12.4. The fraction of sp³-hybridized carbons (Fsp3) is 0.133. The Bertz CT molecular complexity index is 671. The monoisotopic (exact) mass is 320 g/mol. The van der Waals surface area contributed by atoms with Crippen LogP contribution < -0.4 is 10.0 Å². The van der Waals surface area contributed by atoms with Crippen molar-refractivity contribution >= 4 is 29.2 Å². The molecule has 6 nitrogen and oxygen atoms in total. The molecule has 0 saturated heterocycles. The first-order valence-corrected chi connectivity index (χ1v) is 6.80. The molecule has 1 N–H and O–H groups in total. The lowest BCUT2D eigenvalue weighted by Gasteiger charge is -2.13. The highest BCUT2D eigenvalue weighted by Gasteiger charge is 2.19. The van der Waals surface area contributed by atoms with Gasteiger partial charge < -0.3 is 15.3 Å². The highest BCUT2D eigenvalue weighted by molar-refractivity contribution is 6.30. The summed E-state index contributed by atoms with van der Waals surface area (Å²) in [5.74, 6) is -1.15. The summed E-state index contributed by atoms with van der Waals surface area (Å²) in [4.78, 5) is 23.8. The van der Waals surface area contributed by atoms with Crippen molar-refractivity contribution in [2.75, 3.05) is 5.32 Å². The average Bonchev–Trinajstić information content (AvgIpc) is 2.50. The zero-order valence-electron chi connectivity index (χ0n) is 11.7. The van der Waals surface area contributed by atoms with Crippen molar-refractivity contribution in [3.05, 3.63) is 64.6 Å². The molecule has 0 fully saturated rings. The van der Waals surface area contributed by atoms with Gasteiger partial charge in [0.1, 0.15) is 0 Å². The van der Waals surface area contributed by atoms with E-state index in [0.29, 0.717) is 15.4 Å². The third kappa shape index (κ3) is 4.20. The molecular weight excluding hydrogens is 308 g/mol. The van der Waals surface area contributed by atoms with E-state index in [4.69, 9.17) is 16.3 Å². The Morgan fingerprint density at radius 2 is 1.77 bits per heavy atom. The number of nitrogens with zero attached hydrogens (tertiary/aromatic N) is 1. The van der Waals surface area contributed by atoms with E-state index in [9.17, 15) is 14.8 Å². The summed E-state index contributed by atoms with van der Waals surface area (Å²) in [5.41, 5.74) is 0.739. The molecule has 2 rings (SSSR count). The third-order valence-electron chi connectivity index (χ3n) is 2.80. The van der Waals surface area contributed by atoms with Crippen LogP contribution in [-0.4, -0.2) is 18.0 Å². The summed E-state index contributed by atoms with van der Waals surface area (Å²) in [6.07, 6.45) is 1.37. The van der Waals surface area contributed by atoms with Crippen molar-refractivity contribution in [3.8, 4) is 0 Å². The standard InChI is InChI=1S/C15H13ClN2O4/c1-10(14(19)17-13-4-2-12(16)3-5-13)22-15(20)11-6-8-18(21)9-7-11/h2-10H,1H3,(H,17,19)/t10-/m0/s1. The van der Waals surface area contributed by atoms with Crippen LogP contribution in [0.4, 0.5) is 5.69 Å². The molecule has 0 unspecified atom stereocenters. The van der Waals surface area contributed by atoms with Crippen LogP contribution in [0.5, 0.6) is 0 Å². The van der Waals surface area contributed by atoms with E-state index in [-0.39, 0.29) is 5.56 Å². The molecule has 1 aromatic heterocycles. The number of pyridine rings is 1. The second-order valence-electron chi connectivity index (χ2n) is 4.49. The molecule has 2 aromatic rings. The zero-order chi connectivity index (χ0) is 16.1. The largest absolute Gasteiger partial charge is 0.619 e. The van der Waals surface area contributed by atoms with Crippen molar-refractivity contribution in [1.29, 1.82) is 0 Å². The number of carbonyl (C=O) groups excluding carboxylic acids is 2. The summed E-state index contributed by atoms with van der Waals surface area (Å²) in [6.45, 7) is 1.46. The van der Waals surface area contributed by atoms with Crippen molar-refractivity contribution in [3.63, 3.8) is 0 Å². The van der Waals surface area contributed by atoms with E-state index in [1.807, 2.05) is 0 Å². The van der Waals surface area contributed by atoms with Crippen LogP contribution in [0.25, 0.3) is 0 Å². The van der Waals surface area contributed by atoms with Crippen molar-refractivity contribution in [2.24, 2.45) is 0 Å². The van der Waals surface area contributed by atoms with Gasteiger partial charge >= 0.3 is 5.97 Å². The molecule has 0 aliphatic rings. The Kier molecular flexibility index (Phi) is 4.95. The molecule has 0 aliphatic heterocycles. The van der Waals surface area contributed by atoms with Crippen LogP contribution in [0.2, 0.25) is 5.02 Å². The maximum Gasteiger partial charge on any atom is 0.339 e. The first-order chi connectivity index (χ1) is 10.5. The lowest BCUT2D eigenvalue weighted by Crippen LogP contribution is -2.30. The molecule has 1 amide bonds. The number of hydrogen-bond donors (Lipinski definition) is 1. The van der Waals surface area contributed by atoms with Gasteiger partial charge in [-0.25, -0.2) is 4.79 Å². The summed E-state index contributed by atoms with van der Waals surface area (Å²) < 4.78 is 5.59. The number of nitrogens with one attached hydrogen (secondary N) is 1. The molecule has 0 saturated carbocycles. The predicted molar refractivity (Wildman–Crippen MR) is 80.4 cm³/mol. The maximum absolute atomic E-state index is 11.9. The van der Waals surface area contributed by atoms with E-state index in [1.54, 1.807) is 24.3 Å². The molecule has 1 aromatic carbocycles. The Labute approximate surface area is 131 Å². The van der Waals surface area contributed by atoms with Crippen LogP contribution in [0.1, 0.15) is 17.3 Å². The van der Waals surface area contributed by atoms with Crippen LogP contribution >= 0.6 is 11.6 Å². The van der Waals surface area contributed by atoms with E-state index < -0.39 is 18.0 Å². The molecule has 0 aliphatic carbocycles. The first kappa shape index (κ1) is 15.8. The summed E-state index contributed by atoms with van der Waals surface area (Å²) in [5, 5.41) is 14.1. The number of rotatable bonds is 4. The van der Waals surface area contributed by atoms with E-state index in [0.717, 1.165) is 0 Å². The Hall–Kier alpha value is -2.60. The lowest BCUT2D eigenvalue weighted by atomic mass is 10.2. The van der Waals surface area contributed by atoms with Crippen molar-refractivity contribution in [2.45, 2.75) is 13.0 Å². The van der Waals surface area contributed by atoms with Gasteiger partial charge in [0.2, 0.25) is 0 Å². The molecule has 0 spiro atoms. The lowest BCUT2D eigenvalue weighted by molar-refractivity contribution is -0.605. The fourth-order valence-corrected chi connectivity index (χ4v) is 1.73. The van der Waals surface area contributed by atoms with Gasteiger partial charge in [-0.15, -0.1) is 0 Å². The second kappa shape index (κ2) is 6.91. The minimum absolute atomic E-state index is 0.193. The number of aromatic nitrogens is 1. The van der Waals surface area contributed by atoms with Crippen LogP contribution in [0, 0.1) is 5.21 Å². The van der Waals surface area contributed by atoms with Gasteiger partial charge in [-0.3, -0.25) is 4.79 Å². The van der Waals surface area contributed by atoms with E-state index in [2.05, 4.69) is 5.32 Å². The van der Waals surface area contributed by atoms with Crippen LogP contribution in [0.3, 0.4) is 0 Å². The quantitative estimate of drug-likeness (QED) is 0.531. The van der Waals surface area contributed by atoms with Gasteiger partial charge in [0.25, 0.3) is 5.91 Å². The number of carbonyl (C=O) groups is 2. The maximum atomic E-state index is 11.9. The third-order valence-corrected chi connectivity index (χ3v) is 3.05. The predicted octanol–water partition coefficient (Wildman–Crippen LogP) is 2.16. The molecule has 1 atom stereocenters. The molecule has 0 radical (unpaired) electrons. The fourth-order valence-electron chi connectivity index (χ4n) is 1.61. The number of ether oxygens (including phenoxy) is 1. The van der Waals surface area contributed by atoms with E-state index in [1.165, 1.54) is 31.5 Å². The van der Waals surface area contributed by atoms with Gasteiger partial charge in [0, 0.05) is 22.8 Å². The number of amides is 1. The molecule has 1 heterocycles. The molecule has 114 valence electrons. The minimum atomic E-state index is -0.984. The van der Waals surface area contributed by atoms with Gasteiger partial charge in [-0.1, -0.05) is 11.6 Å². The van der Waals surface area contributed by atoms with Crippen molar-refractivity contribution < 1.29 is 19.1 Å². The topological polar surface area (TPSA) is 82.3 Å². The second-order valence-corrected chi connectivity index (χ2v) is 4.93. The summed E-state index contributed by atoms with van der Waals surface area (Å²) >= 11 is 5.75. The Morgan fingerprint density at radius 1 is 1.18 bits per heavy atom. The summed E-state index contributed by atoms with van der Waals surface area (Å²) in [6, 6.07) is 9.18. The Balaban J connectivity index is 1.94. The van der Waals surface area contributed by atoms with Gasteiger partial charge in [0.05, 0.1) is 5.56 Å². The number of halogens is 1. The molecule has 7 heteroatoms. The normalized spacial score (nSPS) is 11.5. The molecular formula is C15H13ClN2O4. The van der Waals surface area contributed by atoms with Gasteiger partial charge in [0.15, 0.2) is 18.5 Å². The number of hydrogen-bond acceptors (Lipinski definition) is 4. The number of benzene rings is 1. The first-order valence-electron chi connectivity index (χ1n) is 6.42. The number of anilines is 1. The van der Waals surface area contributed by atoms with Gasteiger partial charge in [-0.2, -0.15) is 4.73 Å². The highest BCUT2D eigenvalue weighted by atomic mass is 35.5. The highest BCUT2D eigenvalue weighted by Crippen LogP contribution is 2.14.